The second kappa shape index (κ2) is 9.99. The quantitative estimate of drug-likeness (QED) is 0.504. The summed E-state index contributed by atoms with van der Waals surface area (Å²) < 4.78 is 0. The Labute approximate surface area is 192 Å². The van der Waals surface area contributed by atoms with Crippen molar-refractivity contribution < 1.29 is 19.5 Å². The zero-order chi connectivity index (χ0) is 24.1. The van der Waals surface area contributed by atoms with Gasteiger partial charge in [0, 0.05) is 40.0 Å². The molecule has 0 saturated carbocycles. The van der Waals surface area contributed by atoms with Crippen LogP contribution in [-0.4, -0.2) is 38.9 Å². The summed E-state index contributed by atoms with van der Waals surface area (Å²) in [5.41, 5.74) is -0.320. The van der Waals surface area contributed by atoms with Crippen LogP contribution in [0.1, 0.15) is 57.1 Å². The number of pyridine rings is 1. The van der Waals surface area contributed by atoms with E-state index in [0.29, 0.717) is 16.3 Å². The maximum absolute atomic E-state index is 12.7. The molecule has 8 nitrogen and oxygen atoms in total. The van der Waals surface area contributed by atoms with Crippen LogP contribution < -0.4 is 16.0 Å². The van der Waals surface area contributed by atoms with Crippen molar-refractivity contribution in [2.75, 3.05) is 5.32 Å². The fourth-order valence-corrected chi connectivity index (χ4v) is 3.18. The fraction of sp³-hybridized carbons (Fsp3) is 0.391. The second-order valence-electron chi connectivity index (χ2n) is 9.24. The van der Waals surface area contributed by atoms with Crippen molar-refractivity contribution in [1.29, 1.82) is 0 Å². The van der Waals surface area contributed by atoms with Crippen LogP contribution in [0, 0.1) is 0 Å². The molecular weight excluding hydrogens is 432 g/mol. The number of phenols is 1. The monoisotopic (exact) mass is 460 g/mol. The Balaban J connectivity index is 2.02. The first-order chi connectivity index (χ1) is 14.7. The number of hydrogen-bond acceptors (Lipinski definition) is 5. The number of halogens is 1. The summed E-state index contributed by atoms with van der Waals surface area (Å²) in [5, 5.41) is 18.6. The molecule has 3 amide bonds. The molecule has 9 heteroatoms. The average molecular weight is 461 g/mol. The highest BCUT2D eigenvalue weighted by atomic mass is 35.5. The number of carbonyl (C=O) groups excluding carboxylic acids is 3. The molecule has 0 radical (unpaired) electrons. The topological polar surface area (TPSA) is 120 Å². The minimum absolute atomic E-state index is 0.0305. The van der Waals surface area contributed by atoms with Gasteiger partial charge in [-0.1, -0.05) is 11.6 Å². The molecule has 1 aromatic heterocycles. The van der Waals surface area contributed by atoms with Crippen molar-refractivity contribution in [3.63, 3.8) is 0 Å². The van der Waals surface area contributed by atoms with Gasteiger partial charge in [0.05, 0.1) is 6.42 Å². The van der Waals surface area contributed by atoms with Crippen molar-refractivity contribution in [1.82, 2.24) is 15.6 Å². The Kier molecular flexibility index (Phi) is 7.85. The molecule has 0 aliphatic heterocycles. The van der Waals surface area contributed by atoms with Gasteiger partial charge in [0.15, 0.2) is 0 Å². The van der Waals surface area contributed by atoms with E-state index in [1.54, 1.807) is 19.9 Å². The lowest BCUT2D eigenvalue weighted by molar-refractivity contribution is -0.123. The van der Waals surface area contributed by atoms with Gasteiger partial charge in [-0.15, -0.1) is 0 Å². The number of phenolic OH excluding ortho intramolecular Hbond substituents is 1. The summed E-state index contributed by atoms with van der Waals surface area (Å²) in [6.07, 6.45) is 1.41. The van der Waals surface area contributed by atoms with Crippen LogP contribution >= 0.6 is 11.6 Å². The SMILES string of the molecule is CC(C)(C)NC(=O)CC(C)(C)NC(=O)c1cc(NC(=O)Cc2cc(Cl)ccc2O)ccn1. The number of nitrogens with one attached hydrogen (secondary N) is 3. The van der Waals surface area contributed by atoms with E-state index >= 15 is 0 Å². The summed E-state index contributed by atoms with van der Waals surface area (Å²) in [6.45, 7) is 9.14. The van der Waals surface area contributed by atoms with Crippen molar-refractivity contribution in [3.8, 4) is 5.75 Å². The maximum Gasteiger partial charge on any atom is 0.270 e. The lowest BCUT2D eigenvalue weighted by Gasteiger charge is -2.28. The molecule has 2 aromatic rings. The Morgan fingerprint density at radius 1 is 1.00 bits per heavy atom. The van der Waals surface area contributed by atoms with E-state index < -0.39 is 11.4 Å². The first-order valence-corrected chi connectivity index (χ1v) is 10.5. The smallest absolute Gasteiger partial charge is 0.270 e. The molecule has 0 fully saturated rings. The molecule has 2 rings (SSSR count). The summed E-state index contributed by atoms with van der Waals surface area (Å²) >= 11 is 5.91. The zero-order valence-electron chi connectivity index (χ0n) is 18.9. The van der Waals surface area contributed by atoms with Gasteiger partial charge in [-0.2, -0.15) is 0 Å². The normalized spacial score (nSPS) is 11.6. The lowest BCUT2D eigenvalue weighted by atomic mass is 9.98. The number of nitrogens with zero attached hydrogens (tertiary/aromatic N) is 1. The third-order valence-corrected chi connectivity index (χ3v) is 4.47. The Bertz CT molecular complexity index is 1020. The number of aromatic hydroxyl groups is 1. The van der Waals surface area contributed by atoms with Gasteiger partial charge in [0.2, 0.25) is 11.8 Å². The summed E-state index contributed by atoms with van der Waals surface area (Å²) in [7, 11) is 0. The highest BCUT2D eigenvalue weighted by Crippen LogP contribution is 2.22. The van der Waals surface area contributed by atoms with Crippen LogP contribution in [0.25, 0.3) is 0 Å². The van der Waals surface area contributed by atoms with Crippen LogP contribution in [0.4, 0.5) is 5.69 Å². The Morgan fingerprint density at radius 2 is 1.69 bits per heavy atom. The van der Waals surface area contributed by atoms with E-state index in [1.165, 1.54) is 30.5 Å². The van der Waals surface area contributed by atoms with Crippen LogP contribution in [0.3, 0.4) is 0 Å². The number of carbonyl (C=O) groups is 3. The van der Waals surface area contributed by atoms with Gasteiger partial charge in [0.1, 0.15) is 11.4 Å². The molecule has 0 spiro atoms. The van der Waals surface area contributed by atoms with Gasteiger partial charge in [0.25, 0.3) is 5.91 Å². The number of benzene rings is 1. The van der Waals surface area contributed by atoms with Crippen LogP contribution in [0.5, 0.6) is 5.75 Å². The number of anilines is 1. The highest BCUT2D eigenvalue weighted by molar-refractivity contribution is 6.30. The maximum atomic E-state index is 12.7. The van der Waals surface area contributed by atoms with E-state index in [4.69, 9.17) is 11.6 Å². The van der Waals surface area contributed by atoms with Gasteiger partial charge >= 0.3 is 0 Å². The van der Waals surface area contributed by atoms with E-state index in [1.807, 2.05) is 20.8 Å². The molecule has 1 heterocycles. The molecular formula is C23H29ClN4O4. The summed E-state index contributed by atoms with van der Waals surface area (Å²) in [6, 6.07) is 7.45. The standard InChI is InChI=1S/C23H29ClN4O4/c1-22(2,3)27-20(31)13-23(4,5)28-21(32)17-12-16(8-9-25-17)26-19(30)11-14-10-15(24)6-7-18(14)29/h6-10,12,29H,11,13H2,1-5H3,(H,27,31)(H,28,32)(H,25,26,30). The first-order valence-electron chi connectivity index (χ1n) is 10.1. The molecule has 0 aliphatic carbocycles. The molecule has 0 aliphatic rings. The molecule has 0 saturated heterocycles. The minimum atomic E-state index is -0.808. The van der Waals surface area contributed by atoms with Crippen molar-refractivity contribution >= 4 is 35.0 Å². The summed E-state index contributed by atoms with van der Waals surface area (Å²) in [5.74, 6) is -1.07. The van der Waals surface area contributed by atoms with Gasteiger partial charge in [-0.25, -0.2) is 0 Å². The van der Waals surface area contributed by atoms with E-state index in [-0.39, 0.29) is 41.6 Å². The van der Waals surface area contributed by atoms with Crippen molar-refractivity contribution in [2.45, 2.75) is 58.5 Å². The molecule has 32 heavy (non-hydrogen) atoms. The van der Waals surface area contributed by atoms with Crippen molar-refractivity contribution in [3.05, 3.63) is 52.8 Å². The van der Waals surface area contributed by atoms with Crippen LogP contribution in [0.15, 0.2) is 36.5 Å². The first kappa shape index (κ1) is 25.1. The third kappa shape index (κ3) is 8.19. The summed E-state index contributed by atoms with van der Waals surface area (Å²) in [4.78, 5) is 41.3. The predicted octanol–water partition coefficient (Wildman–Crippen LogP) is 3.44. The van der Waals surface area contributed by atoms with E-state index in [2.05, 4.69) is 20.9 Å². The predicted molar refractivity (Wildman–Crippen MR) is 124 cm³/mol. The lowest BCUT2D eigenvalue weighted by Crippen LogP contribution is -2.49. The van der Waals surface area contributed by atoms with Gasteiger partial charge in [-0.3, -0.25) is 19.4 Å². The van der Waals surface area contributed by atoms with E-state index in [0.717, 1.165) is 0 Å². The van der Waals surface area contributed by atoms with Crippen molar-refractivity contribution in [2.24, 2.45) is 0 Å². The third-order valence-electron chi connectivity index (χ3n) is 4.24. The largest absolute Gasteiger partial charge is 0.508 e. The molecule has 172 valence electrons. The molecule has 0 atom stereocenters. The number of hydrogen-bond donors (Lipinski definition) is 4. The molecule has 0 bridgehead atoms. The number of aromatic nitrogens is 1. The highest BCUT2D eigenvalue weighted by Gasteiger charge is 2.27. The van der Waals surface area contributed by atoms with Crippen LogP contribution in [0.2, 0.25) is 5.02 Å². The second-order valence-corrected chi connectivity index (χ2v) is 9.68. The average Bonchev–Trinajstić information content (AvgIpc) is 2.62. The Hall–Kier alpha value is -3.13. The minimum Gasteiger partial charge on any atom is -0.508 e. The van der Waals surface area contributed by atoms with E-state index in [9.17, 15) is 19.5 Å². The molecule has 0 unspecified atom stereocenters. The number of rotatable bonds is 7. The Morgan fingerprint density at radius 3 is 2.34 bits per heavy atom. The van der Waals surface area contributed by atoms with Gasteiger partial charge in [-0.05, 0) is 65.0 Å². The molecule has 4 N–H and O–H groups in total. The number of amides is 3. The van der Waals surface area contributed by atoms with Gasteiger partial charge < -0.3 is 21.1 Å². The molecule has 1 aromatic carbocycles. The fourth-order valence-electron chi connectivity index (χ4n) is 2.99. The zero-order valence-corrected chi connectivity index (χ0v) is 19.6. The van der Waals surface area contributed by atoms with Crippen LogP contribution in [-0.2, 0) is 16.0 Å².